The van der Waals surface area contributed by atoms with Crippen molar-refractivity contribution in [3.05, 3.63) is 89.5 Å². The normalized spacial score (nSPS) is 19.7. The predicted octanol–water partition coefficient (Wildman–Crippen LogP) is 5.94. The first kappa shape index (κ1) is 24.5. The molecule has 3 atom stereocenters. The molecular formula is C29H31NO5. The number of rotatable bonds is 8. The second-order valence-electron chi connectivity index (χ2n) is 8.88. The first-order valence-corrected chi connectivity index (χ1v) is 12.0. The van der Waals surface area contributed by atoms with E-state index < -0.39 is 5.97 Å². The number of hydrogen-bond acceptors (Lipinski definition) is 4. The summed E-state index contributed by atoms with van der Waals surface area (Å²) in [5.74, 6) is -0.288. The Morgan fingerprint density at radius 2 is 1.71 bits per heavy atom. The topological polar surface area (TPSA) is 84.9 Å². The molecular weight excluding hydrogens is 442 g/mol. The molecule has 0 bridgehead atoms. The van der Waals surface area contributed by atoms with E-state index in [1.54, 1.807) is 18.2 Å². The van der Waals surface area contributed by atoms with Gasteiger partial charge < -0.3 is 19.9 Å². The molecule has 1 amide bonds. The number of amides is 1. The predicted molar refractivity (Wildman–Crippen MR) is 134 cm³/mol. The molecule has 1 saturated heterocycles. The van der Waals surface area contributed by atoms with Crippen LogP contribution in [0.25, 0.3) is 11.1 Å². The van der Waals surface area contributed by atoms with Crippen LogP contribution in [-0.2, 0) is 9.53 Å². The van der Waals surface area contributed by atoms with E-state index in [9.17, 15) is 14.7 Å². The van der Waals surface area contributed by atoms with E-state index in [1.165, 1.54) is 6.92 Å². The van der Waals surface area contributed by atoms with E-state index in [4.69, 9.17) is 9.47 Å². The van der Waals surface area contributed by atoms with Crippen molar-refractivity contribution in [3.8, 4) is 16.9 Å². The van der Waals surface area contributed by atoms with Gasteiger partial charge in [0, 0.05) is 18.5 Å². The SMILES string of the molecule is CCCOc1ccc(-c2cccc(C(=O)O)c2)cc1[C@H]1C[C@@H](NC(C)=O)C[C@@H](c2ccccc2)O1. The zero-order chi connectivity index (χ0) is 24.8. The second kappa shape index (κ2) is 11.2. The third-order valence-electron chi connectivity index (χ3n) is 6.17. The summed E-state index contributed by atoms with van der Waals surface area (Å²) in [6.45, 7) is 4.17. The van der Waals surface area contributed by atoms with Gasteiger partial charge in [-0.25, -0.2) is 4.79 Å². The Kier molecular flexibility index (Phi) is 7.83. The van der Waals surface area contributed by atoms with Crippen LogP contribution in [-0.4, -0.2) is 29.6 Å². The summed E-state index contributed by atoms with van der Waals surface area (Å²) in [6.07, 6.45) is 1.69. The lowest BCUT2D eigenvalue weighted by atomic mass is 9.89. The van der Waals surface area contributed by atoms with Gasteiger partial charge in [0.1, 0.15) is 5.75 Å². The van der Waals surface area contributed by atoms with Crippen molar-refractivity contribution in [1.82, 2.24) is 5.32 Å². The lowest BCUT2D eigenvalue weighted by Crippen LogP contribution is -2.39. The minimum atomic E-state index is -0.963. The Labute approximate surface area is 205 Å². The number of aromatic carboxylic acids is 1. The van der Waals surface area contributed by atoms with Crippen LogP contribution < -0.4 is 10.1 Å². The van der Waals surface area contributed by atoms with Gasteiger partial charge in [0.25, 0.3) is 0 Å². The fraction of sp³-hybridized carbons (Fsp3) is 0.310. The van der Waals surface area contributed by atoms with Crippen LogP contribution in [0.4, 0.5) is 0 Å². The molecule has 0 aliphatic carbocycles. The van der Waals surface area contributed by atoms with Gasteiger partial charge >= 0.3 is 5.97 Å². The van der Waals surface area contributed by atoms with Crippen LogP contribution in [0, 0.1) is 0 Å². The standard InChI is InChI=1S/C29H31NO5/c1-3-14-34-26-13-12-22(21-10-7-11-23(15-21)29(32)33)16-25(26)28-18-24(30-19(2)31)17-27(35-28)20-8-5-4-6-9-20/h4-13,15-16,24,27-28H,3,14,17-18H2,1-2H3,(H,30,31)(H,32,33)/t24-,27-,28+/m0/s1. The van der Waals surface area contributed by atoms with Gasteiger partial charge in [0.05, 0.1) is 24.4 Å². The average Bonchev–Trinajstić information content (AvgIpc) is 2.87. The van der Waals surface area contributed by atoms with Crippen molar-refractivity contribution in [1.29, 1.82) is 0 Å². The number of ether oxygens (including phenoxy) is 2. The summed E-state index contributed by atoms with van der Waals surface area (Å²) in [5, 5.41) is 12.5. The lowest BCUT2D eigenvalue weighted by molar-refractivity contribution is -0.122. The van der Waals surface area contributed by atoms with E-state index in [0.717, 1.165) is 34.4 Å². The van der Waals surface area contributed by atoms with Crippen molar-refractivity contribution < 1.29 is 24.2 Å². The number of carbonyl (C=O) groups is 2. The van der Waals surface area contributed by atoms with Crippen LogP contribution in [0.5, 0.6) is 5.75 Å². The molecule has 0 radical (unpaired) electrons. The summed E-state index contributed by atoms with van der Waals surface area (Å²) >= 11 is 0. The molecule has 182 valence electrons. The van der Waals surface area contributed by atoms with Gasteiger partial charge in [0.15, 0.2) is 0 Å². The highest BCUT2D eigenvalue weighted by atomic mass is 16.5. The van der Waals surface area contributed by atoms with Crippen LogP contribution in [0.2, 0.25) is 0 Å². The number of benzene rings is 3. The molecule has 0 unspecified atom stereocenters. The zero-order valence-electron chi connectivity index (χ0n) is 20.1. The molecule has 6 nitrogen and oxygen atoms in total. The van der Waals surface area contributed by atoms with Gasteiger partial charge in [-0.05, 0) is 60.2 Å². The molecule has 0 saturated carbocycles. The number of nitrogens with one attached hydrogen (secondary N) is 1. The van der Waals surface area contributed by atoms with E-state index in [0.29, 0.717) is 19.4 Å². The summed E-state index contributed by atoms with van der Waals surface area (Å²) < 4.78 is 12.7. The molecule has 0 aromatic heterocycles. The lowest BCUT2D eigenvalue weighted by Gasteiger charge is -2.37. The molecule has 1 aliphatic rings. The van der Waals surface area contributed by atoms with Crippen LogP contribution in [0.15, 0.2) is 72.8 Å². The second-order valence-corrected chi connectivity index (χ2v) is 8.88. The third-order valence-corrected chi connectivity index (χ3v) is 6.17. The number of carbonyl (C=O) groups excluding carboxylic acids is 1. The largest absolute Gasteiger partial charge is 0.493 e. The fourth-order valence-electron chi connectivity index (χ4n) is 4.57. The number of carboxylic acids is 1. The molecule has 0 spiro atoms. The molecule has 3 aromatic carbocycles. The van der Waals surface area contributed by atoms with Crippen LogP contribution in [0.1, 0.15) is 66.8 Å². The van der Waals surface area contributed by atoms with Crippen molar-refractivity contribution in [3.63, 3.8) is 0 Å². The summed E-state index contributed by atoms with van der Waals surface area (Å²) in [7, 11) is 0. The Bertz CT molecular complexity index is 1180. The van der Waals surface area contributed by atoms with Gasteiger partial charge in [0.2, 0.25) is 5.91 Å². The molecule has 1 aliphatic heterocycles. The van der Waals surface area contributed by atoms with Crippen molar-refractivity contribution >= 4 is 11.9 Å². The first-order chi connectivity index (χ1) is 16.9. The van der Waals surface area contributed by atoms with E-state index >= 15 is 0 Å². The molecule has 1 fully saturated rings. The Hall–Kier alpha value is -3.64. The Morgan fingerprint density at radius 1 is 0.971 bits per heavy atom. The Morgan fingerprint density at radius 3 is 2.43 bits per heavy atom. The highest BCUT2D eigenvalue weighted by molar-refractivity contribution is 5.89. The van der Waals surface area contributed by atoms with Crippen LogP contribution >= 0.6 is 0 Å². The van der Waals surface area contributed by atoms with Gasteiger partial charge in [-0.1, -0.05) is 55.5 Å². The first-order valence-electron chi connectivity index (χ1n) is 12.0. The van der Waals surface area contributed by atoms with Crippen molar-refractivity contribution in [2.45, 2.75) is 51.4 Å². The molecule has 35 heavy (non-hydrogen) atoms. The molecule has 1 heterocycles. The fourth-order valence-corrected chi connectivity index (χ4v) is 4.57. The van der Waals surface area contributed by atoms with E-state index in [2.05, 4.69) is 12.2 Å². The molecule has 3 aromatic rings. The van der Waals surface area contributed by atoms with Crippen LogP contribution in [0.3, 0.4) is 0 Å². The minimum absolute atomic E-state index is 0.0468. The summed E-state index contributed by atoms with van der Waals surface area (Å²) in [6, 6.07) is 22.8. The summed E-state index contributed by atoms with van der Waals surface area (Å²) in [5.41, 5.74) is 3.89. The summed E-state index contributed by atoms with van der Waals surface area (Å²) in [4.78, 5) is 23.4. The monoisotopic (exact) mass is 473 g/mol. The zero-order valence-corrected chi connectivity index (χ0v) is 20.1. The van der Waals surface area contributed by atoms with Gasteiger partial charge in [-0.15, -0.1) is 0 Å². The molecule has 2 N–H and O–H groups in total. The van der Waals surface area contributed by atoms with Crippen molar-refractivity contribution in [2.75, 3.05) is 6.61 Å². The number of carboxylic acid groups (broad SMARTS) is 1. The quantitative estimate of drug-likeness (QED) is 0.423. The maximum atomic E-state index is 11.9. The maximum absolute atomic E-state index is 11.9. The minimum Gasteiger partial charge on any atom is -0.493 e. The average molecular weight is 474 g/mol. The third kappa shape index (κ3) is 6.08. The number of hydrogen-bond donors (Lipinski definition) is 2. The van der Waals surface area contributed by atoms with E-state index in [-0.39, 0.29) is 29.7 Å². The maximum Gasteiger partial charge on any atom is 0.335 e. The smallest absolute Gasteiger partial charge is 0.335 e. The van der Waals surface area contributed by atoms with Crippen molar-refractivity contribution in [2.24, 2.45) is 0 Å². The Balaban J connectivity index is 1.73. The highest BCUT2D eigenvalue weighted by Gasteiger charge is 2.33. The van der Waals surface area contributed by atoms with E-state index in [1.807, 2.05) is 54.6 Å². The molecule has 6 heteroatoms. The van der Waals surface area contributed by atoms with Gasteiger partial charge in [-0.2, -0.15) is 0 Å². The van der Waals surface area contributed by atoms with Gasteiger partial charge in [-0.3, -0.25) is 4.79 Å². The highest BCUT2D eigenvalue weighted by Crippen LogP contribution is 2.43. The molecule has 4 rings (SSSR count).